The molecule has 2 rings (SSSR count). The first-order valence-corrected chi connectivity index (χ1v) is 12.0. The molecule has 160 valence electrons. The maximum absolute atomic E-state index is 12.3. The minimum atomic E-state index is -2.18. The quantitative estimate of drug-likeness (QED) is 0.375. The number of hydrogen-bond donors (Lipinski definition) is 0. The Labute approximate surface area is 174 Å². The van der Waals surface area contributed by atoms with Crippen LogP contribution >= 0.6 is 8.25 Å². The lowest BCUT2D eigenvalue weighted by Gasteiger charge is -2.21. The largest absolute Gasteiger partial charge is 0.697 e. The van der Waals surface area contributed by atoms with Crippen molar-refractivity contribution in [3.63, 3.8) is 0 Å². The average molecular weight is 413 g/mol. The van der Waals surface area contributed by atoms with Gasteiger partial charge in [-0.15, -0.1) is 9.05 Å². The van der Waals surface area contributed by atoms with Gasteiger partial charge in [-0.05, 0) is 49.4 Å². The molecule has 0 aromatic carbocycles. The second kappa shape index (κ2) is 10.9. The minimum absolute atomic E-state index is 0.0224. The van der Waals surface area contributed by atoms with Crippen LogP contribution in [0.3, 0.4) is 0 Å². The fourth-order valence-electron chi connectivity index (χ4n) is 4.54. The van der Waals surface area contributed by atoms with E-state index in [-0.39, 0.29) is 36.2 Å². The van der Waals surface area contributed by atoms with Crippen LogP contribution < -0.4 is 0 Å². The lowest BCUT2D eigenvalue weighted by Crippen LogP contribution is -2.26. The standard InChI is InChI=1S/C21H39BO5P/c1-12(2)8-17-14(5)16(7)26-20(17)11-25-28(23)24-10-18-15(6)21(22)27-19(18)9-13(3)4/h12-21H,8-11H2,1-7H3/q+1/t14?,15?,16-,17+,18+,19+,20+,21+/m0/s1. The molecule has 0 amide bonds. The molecule has 0 aromatic rings. The highest BCUT2D eigenvalue weighted by molar-refractivity contribution is 7.33. The summed E-state index contributed by atoms with van der Waals surface area (Å²) in [6.45, 7) is 15.8. The zero-order valence-electron chi connectivity index (χ0n) is 18.7. The third-order valence-electron chi connectivity index (χ3n) is 6.45. The molecule has 9 atom stereocenters. The molecule has 0 aromatic heterocycles. The van der Waals surface area contributed by atoms with E-state index < -0.39 is 8.25 Å². The topological polar surface area (TPSA) is 54.0 Å². The first-order chi connectivity index (χ1) is 13.1. The van der Waals surface area contributed by atoms with E-state index in [1.54, 1.807) is 0 Å². The van der Waals surface area contributed by atoms with Crippen LogP contribution in [0.4, 0.5) is 0 Å². The molecule has 2 saturated heterocycles. The van der Waals surface area contributed by atoms with Gasteiger partial charge in [-0.25, -0.2) is 0 Å². The molecule has 2 radical (unpaired) electrons. The molecule has 5 nitrogen and oxygen atoms in total. The summed E-state index contributed by atoms with van der Waals surface area (Å²) in [5, 5.41) is 0. The predicted octanol–water partition coefficient (Wildman–Crippen LogP) is 4.95. The fourth-order valence-corrected chi connectivity index (χ4v) is 5.18. The van der Waals surface area contributed by atoms with Crippen molar-refractivity contribution in [2.24, 2.45) is 35.5 Å². The second-order valence-electron chi connectivity index (χ2n) is 9.64. The molecule has 0 aliphatic carbocycles. The van der Waals surface area contributed by atoms with Gasteiger partial charge in [0.05, 0.1) is 18.3 Å². The third-order valence-corrected chi connectivity index (χ3v) is 7.17. The molecule has 2 aliphatic rings. The van der Waals surface area contributed by atoms with E-state index in [1.165, 1.54) is 0 Å². The van der Waals surface area contributed by atoms with Crippen LogP contribution in [0.2, 0.25) is 0 Å². The van der Waals surface area contributed by atoms with Crippen molar-refractivity contribution in [1.82, 2.24) is 0 Å². The Morgan fingerprint density at radius 1 is 0.857 bits per heavy atom. The Morgan fingerprint density at radius 3 is 2.07 bits per heavy atom. The Kier molecular flexibility index (Phi) is 9.42. The summed E-state index contributed by atoms with van der Waals surface area (Å²) in [5.74, 6) is 2.31. The van der Waals surface area contributed by atoms with Gasteiger partial charge < -0.3 is 9.47 Å². The van der Waals surface area contributed by atoms with Crippen molar-refractivity contribution in [3.8, 4) is 0 Å². The van der Waals surface area contributed by atoms with E-state index in [9.17, 15) is 4.57 Å². The van der Waals surface area contributed by atoms with E-state index in [1.807, 2.05) is 0 Å². The molecule has 3 unspecified atom stereocenters. The summed E-state index contributed by atoms with van der Waals surface area (Å²) in [7, 11) is 3.89. The second-order valence-corrected chi connectivity index (χ2v) is 10.6. The van der Waals surface area contributed by atoms with E-state index in [4.69, 9.17) is 26.4 Å². The predicted molar refractivity (Wildman–Crippen MR) is 112 cm³/mol. The van der Waals surface area contributed by atoms with Crippen molar-refractivity contribution in [2.45, 2.75) is 85.6 Å². The minimum Gasteiger partial charge on any atom is -0.384 e. The van der Waals surface area contributed by atoms with Gasteiger partial charge in [-0.3, -0.25) is 0 Å². The smallest absolute Gasteiger partial charge is 0.384 e. The summed E-state index contributed by atoms with van der Waals surface area (Å²) in [4.78, 5) is 0. The zero-order chi connectivity index (χ0) is 21.0. The Bertz CT molecular complexity index is 501. The highest BCUT2D eigenvalue weighted by Gasteiger charge is 2.43. The number of rotatable bonds is 10. The van der Waals surface area contributed by atoms with Crippen LogP contribution in [0.15, 0.2) is 0 Å². The molecule has 2 aliphatic heterocycles. The maximum Gasteiger partial charge on any atom is 0.697 e. The Hall–Kier alpha value is 0.00494. The average Bonchev–Trinajstić information content (AvgIpc) is 3.01. The van der Waals surface area contributed by atoms with Gasteiger partial charge >= 0.3 is 8.25 Å². The highest BCUT2D eigenvalue weighted by Crippen LogP contribution is 2.40. The lowest BCUT2D eigenvalue weighted by atomic mass is 9.80. The van der Waals surface area contributed by atoms with Gasteiger partial charge in [0.1, 0.15) is 21.1 Å². The van der Waals surface area contributed by atoms with Crippen LogP contribution in [0.25, 0.3) is 0 Å². The van der Waals surface area contributed by atoms with Crippen molar-refractivity contribution >= 4 is 16.1 Å². The van der Waals surface area contributed by atoms with E-state index in [0.717, 1.165) is 12.8 Å². The molecule has 28 heavy (non-hydrogen) atoms. The lowest BCUT2D eigenvalue weighted by molar-refractivity contribution is 0.00545. The third kappa shape index (κ3) is 6.50. The van der Waals surface area contributed by atoms with Crippen molar-refractivity contribution in [2.75, 3.05) is 13.2 Å². The molecule has 2 fully saturated rings. The number of ether oxygens (including phenoxy) is 2. The SMILES string of the molecule is [B][C@@H]1O[C@H](CC(C)C)[C@H](CO[P+](=O)OC[C@H]2O[C@@H](C)C(C)[C@H]2CC(C)C)C1C. The summed E-state index contributed by atoms with van der Waals surface area (Å²) in [6.07, 6.45) is 2.23. The van der Waals surface area contributed by atoms with E-state index >= 15 is 0 Å². The van der Waals surface area contributed by atoms with Crippen LogP contribution in [0.5, 0.6) is 0 Å². The summed E-state index contributed by atoms with van der Waals surface area (Å²) >= 11 is 0. The van der Waals surface area contributed by atoms with Crippen molar-refractivity contribution in [3.05, 3.63) is 0 Å². The summed E-state index contributed by atoms with van der Waals surface area (Å²) in [6, 6.07) is -0.289. The summed E-state index contributed by atoms with van der Waals surface area (Å²) in [5.41, 5.74) is 0. The Morgan fingerprint density at radius 2 is 1.46 bits per heavy atom. The molecule has 0 N–H and O–H groups in total. The first-order valence-electron chi connectivity index (χ1n) is 10.9. The first kappa shape index (κ1) is 24.3. The van der Waals surface area contributed by atoms with Gasteiger partial charge in [0, 0.05) is 16.5 Å². The van der Waals surface area contributed by atoms with Gasteiger partial charge in [-0.2, -0.15) is 0 Å². The van der Waals surface area contributed by atoms with Gasteiger partial charge in [0.15, 0.2) is 0 Å². The maximum atomic E-state index is 12.3. The van der Waals surface area contributed by atoms with Gasteiger partial charge in [0.25, 0.3) is 0 Å². The van der Waals surface area contributed by atoms with E-state index in [2.05, 4.69) is 48.5 Å². The molecule has 0 bridgehead atoms. The van der Waals surface area contributed by atoms with Crippen LogP contribution in [0, 0.1) is 35.5 Å². The Balaban J connectivity index is 1.81. The molecule has 7 heteroatoms. The van der Waals surface area contributed by atoms with Crippen molar-refractivity contribution in [1.29, 1.82) is 0 Å². The molecule has 0 spiro atoms. The molecular weight excluding hydrogens is 374 g/mol. The molecule has 0 saturated carbocycles. The van der Waals surface area contributed by atoms with E-state index in [0.29, 0.717) is 36.9 Å². The molecular formula is C21H39BO5P+. The van der Waals surface area contributed by atoms with Crippen molar-refractivity contribution < 1.29 is 23.1 Å². The highest BCUT2D eigenvalue weighted by atomic mass is 31.1. The molecule has 2 heterocycles. The van der Waals surface area contributed by atoms with Gasteiger partial charge in [-0.1, -0.05) is 41.5 Å². The van der Waals surface area contributed by atoms with Crippen LogP contribution in [0.1, 0.15) is 61.3 Å². The van der Waals surface area contributed by atoms with Gasteiger partial charge in [0.2, 0.25) is 0 Å². The monoisotopic (exact) mass is 413 g/mol. The fraction of sp³-hybridized carbons (Fsp3) is 1.00. The zero-order valence-corrected chi connectivity index (χ0v) is 19.6. The summed E-state index contributed by atoms with van der Waals surface area (Å²) < 4.78 is 35.4. The van der Waals surface area contributed by atoms with Crippen LogP contribution in [-0.4, -0.2) is 45.4 Å². The normalized spacial score (nSPS) is 39.2. The number of hydrogen-bond acceptors (Lipinski definition) is 5. The van der Waals surface area contributed by atoms with Crippen LogP contribution in [-0.2, 0) is 23.1 Å².